The maximum absolute atomic E-state index is 11.4. The molecule has 0 fully saturated rings. The van der Waals surface area contributed by atoms with Crippen molar-refractivity contribution in [3.05, 3.63) is 96.1 Å². The molecule has 0 saturated heterocycles. The summed E-state index contributed by atoms with van der Waals surface area (Å²) in [6, 6.07) is 28.1. The number of hydrogen-bond acceptors (Lipinski definition) is 1. The number of carboxylic acid groups (broad SMARTS) is 1. The van der Waals surface area contributed by atoms with E-state index < -0.39 is 6.09 Å². The third-order valence-corrected chi connectivity index (χ3v) is 4.98. The molecule has 0 radical (unpaired) electrons. The van der Waals surface area contributed by atoms with Gasteiger partial charge in [0.25, 0.3) is 0 Å². The number of H-pyrrole nitrogens is 1. The SMILES string of the molecule is O=C(O)N[C@H](Cc1ccccc1)Cc1c(-c2ccccc2)[nH]c2ccccc12. The van der Waals surface area contributed by atoms with Crippen LogP contribution in [0.15, 0.2) is 84.9 Å². The molecule has 1 heterocycles. The topological polar surface area (TPSA) is 65.1 Å². The molecule has 1 atom stereocenters. The molecule has 28 heavy (non-hydrogen) atoms. The molecule has 4 nitrogen and oxygen atoms in total. The Morgan fingerprint density at radius 1 is 0.857 bits per heavy atom. The third kappa shape index (κ3) is 3.91. The van der Waals surface area contributed by atoms with Gasteiger partial charge in [-0.3, -0.25) is 0 Å². The van der Waals surface area contributed by atoms with E-state index in [-0.39, 0.29) is 6.04 Å². The van der Waals surface area contributed by atoms with Gasteiger partial charge in [-0.15, -0.1) is 0 Å². The lowest BCUT2D eigenvalue weighted by molar-refractivity contribution is 0.189. The molecule has 0 spiro atoms. The van der Waals surface area contributed by atoms with Crippen molar-refractivity contribution in [1.29, 1.82) is 0 Å². The summed E-state index contributed by atoms with van der Waals surface area (Å²) in [5.74, 6) is 0. The van der Waals surface area contributed by atoms with Crippen LogP contribution in [0, 0.1) is 0 Å². The van der Waals surface area contributed by atoms with E-state index >= 15 is 0 Å². The first-order chi connectivity index (χ1) is 13.7. The van der Waals surface area contributed by atoms with E-state index in [9.17, 15) is 9.90 Å². The van der Waals surface area contributed by atoms with Crippen LogP contribution in [0.25, 0.3) is 22.2 Å². The Morgan fingerprint density at radius 2 is 1.50 bits per heavy atom. The number of amides is 1. The fourth-order valence-electron chi connectivity index (χ4n) is 3.76. The van der Waals surface area contributed by atoms with Gasteiger partial charge in [-0.05, 0) is 35.6 Å². The molecule has 0 aliphatic heterocycles. The highest BCUT2D eigenvalue weighted by molar-refractivity contribution is 5.90. The molecule has 3 aromatic carbocycles. The molecule has 3 N–H and O–H groups in total. The zero-order chi connectivity index (χ0) is 19.3. The predicted molar refractivity (Wildman–Crippen MR) is 113 cm³/mol. The predicted octanol–water partition coefficient (Wildman–Crippen LogP) is 5.26. The van der Waals surface area contributed by atoms with Crippen LogP contribution in [-0.4, -0.2) is 22.2 Å². The minimum Gasteiger partial charge on any atom is -0.465 e. The van der Waals surface area contributed by atoms with Crippen molar-refractivity contribution in [2.24, 2.45) is 0 Å². The minimum absolute atomic E-state index is 0.221. The first-order valence-electron chi connectivity index (χ1n) is 9.39. The number of aromatic nitrogens is 1. The van der Waals surface area contributed by atoms with Crippen molar-refractivity contribution in [2.45, 2.75) is 18.9 Å². The molecule has 1 aromatic heterocycles. The molecule has 0 unspecified atom stereocenters. The van der Waals surface area contributed by atoms with Crippen LogP contribution in [0.1, 0.15) is 11.1 Å². The van der Waals surface area contributed by atoms with Gasteiger partial charge in [-0.1, -0.05) is 78.9 Å². The van der Waals surface area contributed by atoms with E-state index in [1.165, 1.54) is 0 Å². The molecular weight excluding hydrogens is 348 g/mol. The van der Waals surface area contributed by atoms with E-state index in [4.69, 9.17) is 0 Å². The second-order valence-electron chi connectivity index (χ2n) is 6.93. The van der Waals surface area contributed by atoms with Crippen LogP contribution < -0.4 is 5.32 Å². The Labute approximate surface area is 163 Å². The largest absolute Gasteiger partial charge is 0.465 e. The molecule has 0 bridgehead atoms. The number of carbonyl (C=O) groups is 1. The summed E-state index contributed by atoms with van der Waals surface area (Å²) in [5, 5.41) is 13.2. The molecular formula is C24H22N2O2. The number of hydrogen-bond donors (Lipinski definition) is 3. The summed E-state index contributed by atoms with van der Waals surface area (Å²) in [5.41, 5.74) is 5.46. The Hall–Kier alpha value is -3.53. The third-order valence-electron chi connectivity index (χ3n) is 4.98. The van der Waals surface area contributed by atoms with Gasteiger partial charge in [0.05, 0.1) is 0 Å². The monoisotopic (exact) mass is 370 g/mol. The number of fused-ring (bicyclic) bond motifs is 1. The normalized spacial score (nSPS) is 12.0. The maximum Gasteiger partial charge on any atom is 0.404 e. The van der Waals surface area contributed by atoms with Crippen LogP contribution >= 0.6 is 0 Å². The zero-order valence-corrected chi connectivity index (χ0v) is 15.4. The zero-order valence-electron chi connectivity index (χ0n) is 15.4. The minimum atomic E-state index is -0.998. The second-order valence-corrected chi connectivity index (χ2v) is 6.93. The van der Waals surface area contributed by atoms with Gasteiger partial charge in [0.1, 0.15) is 0 Å². The average molecular weight is 370 g/mol. The fourth-order valence-corrected chi connectivity index (χ4v) is 3.76. The first kappa shape index (κ1) is 17.9. The number of para-hydroxylation sites is 1. The maximum atomic E-state index is 11.4. The lowest BCUT2D eigenvalue weighted by atomic mass is 9.95. The molecule has 0 aliphatic carbocycles. The van der Waals surface area contributed by atoms with Crippen molar-refractivity contribution in [2.75, 3.05) is 0 Å². The summed E-state index contributed by atoms with van der Waals surface area (Å²) in [4.78, 5) is 15.0. The molecule has 1 amide bonds. The number of aromatic amines is 1. The van der Waals surface area contributed by atoms with Crippen LogP contribution in [0.5, 0.6) is 0 Å². The Kier molecular flexibility index (Phi) is 5.11. The van der Waals surface area contributed by atoms with E-state index in [0.717, 1.165) is 33.3 Å². The van der Waals surface area contributed by atoms with Gasteiger partial charge in [-0.2, -0.15) is 0 Å². The summed E-state index contributed by atoms with van der Waals surface area (Å²) < 4.78 is 0. The Morgan fingerprint density at radius 3 is 2.21 bits per heavy atom. The van der Waals surface area contributed by atoms with Crippen LogP contribution in [-0.2, 0) is 12.8 Å². The van der Waals surface area contributed by atoms with Crippen molar-refractivity contribution in [3.63, 3.8) is 0 Å². The van der Waals surface area contributed by atoms with Gasteiger partial charge in [0.15, 0.2) is 0 Å². The molecule has 4 rings (SSSR count). The highest BCUT2D eigenvalue weighted by Crippen LogP contribution is 2.31. The highest BCUT2D eigenvalue weighted by atomic mass is 16.4. The molecule has 4 heteroatoms. The average Bonchev–Trinajstić information content (AvgIpc) is 3.07. The quantitative estimate of drug-likeness (QED) is 0.434. The molecule has 4 aromatic rings. The summed E-state index contributed by atoms with van der Waals surface area (Å²) in [6.45, 7) is 0. The van der Waals surface area contributed by atoms with E-state index in [1.807, 2.05) is 60.7 Å². The molecule has 140 valence electrons. The second kappa shape index (κ2) is 8.01. The lowest BCUT2D eigenvalue weighted by Gasteiger charge is -2.18. The smallest absolute Gasteiger partial charge is 0.404 e. The number of nitrogens with one attached hydrogen (secondary N) is 2. The van der Waals surface area contributed by atoms with Crippen LogP contribution in [0.2, 0.25) is 0 Å². The summed E-state index contributed by atoms with van der Waals surface area (Å²) in [6.07, 6.45) is 0.248. The summed E-state index contributed by atoms with van der Waals surface area (Å²) >= 11 is 0. The van der Waals surface area contributed by atoms with Gasteiger partial charge in [-0.25, -0.2) is 4.79 Å². The lowest BCUT2D eigenvalue weighted by Crippen LogP contribution is -2.37. The van der Waals surface area contributed by atoms with Crippen LogP contribution in [0.3, 0.4) is 0 Å². The molecule has 0 aliphatic rings. The first-order valence-corrected chi connectivity index (χ1v) is 9.39. The number of rotatable bonds is 6. The molecule has 0 saturated carbocycles. The highest BCUT2D eigenvalue weighted by Gasteiger charge is 2.19. The van der Waals surface area contributed by atoms with Crippen molar-refractivity contribution < 1.29 is 9.90 Å². The van der Waals surface area contributed by atoms with Crippen molar-refractivity contribution in [3.8, 4) is 11.3 Å². The van der Waals surface area contributed by atoms with Gasteiger partial charge in [0, 0.05) is 22.6 Å². The van der Waals surface area contributed by atoms with E-state index in [2.05, 4.69) is 34.6 Å². The fraction of sp³-hybridized carbons (Fsp3) is 0.125. The van der Waals surface area contributed by atoms with Crippen molar-refractivity contribution in [1.82, 2.24) is 10.3 Å². The number of benzene rings is 3. The Balaban J connectivity index is 1.74. The Bertz CT molecular complexity index is 1070. The van der Waals surface area contributed by atoms with Crippen molar-refractivity contribution >= 4 is 17.0 Å². The van der Waals surface area contributed by atoms with Gasteiger partial charge < -0.3 is 15.4 Å². The summed E-state index contributed by atoms with van der Waals surface area (Å²) in [7, 11) is 0. The van der Waals surface area contributed by atoms with Crippen LogP contribution in [0.4, 0.5) is 4.79 Å². The van der Waals surface area contributed by atoms with E-state index in [1.54, 1.807) is 0 Å². The standard InChI is InChI=1S/C24H22N2O2/c27-24(28)25-19(15-17-9-3-1-4-10-17)16-21-20-13-7-8-14-22(20)26-23(21)18-11-5-2-6-12-18/h1-14,19,25-26H,15-16H2,(H,27,28)/t19-/m1/s1. The van der Waals surface area contributed by atoms with Gasteiger partial charge in [0.2, 0.25) is 0 Å². The van der Waals surface area contributed by atoms with E-state index in [0.29, 0.717) is 12.8 Å². The van der Waals surface area contributed by atoms with Gasteiger partial charge >= 0.3 is 6.09 Å².